The van der Waals surface area contributed by atoms with Crippen LogP contribution in [-0.2, 0) is 32.0 Å². The molecule has 11 nitrogen and oxygen atoms in total. The Kier molecular flexibility index (Phi) is 12.3. The molecule has 4 unspecified atom stereocenters. The van der Waals surface area contributed by atoms with Crippen LogP contribution in [0.15, 0.2) is 42.9 Å². The lowest BCUT2D eigenvalue weighted by atomic mass is 10.1. The summed E-state index contributed by atoms with van der Waals surface area (Å²) in [6.45, 7) is 0. The number of nitrogens with one attached hydrogen (secondary N) is 4. The van der Waals surface area contributed by atoms with Crippen molar-refractivity contribution < 1.29 is 24.3 Å². The Balaban J connectivity index is 2.01. The Hall–Kier alpha value is -3.03. The number of thiol groups is 1. The quantitative estimate of drug-likeness (QED) is 0.152. The molecular weight excluding hydrogens is 504 g/mol. The Morgan fingerprint density at radius 2 is 1.67 bits per heavy atom. The maximum atomic E-state index is 12.9. The van der Waals surface area contributed by atoms with E-state index in [0.717, 1.165) is 5.56 Å². The number of aromatic nitrogens is 2. The fourth-order valence-electron chi connectivity index (χ4n) is 3.30. The molecule has 1 aromatic carbocycles. The number of carbonyl (C=O) groups excluding carboxylic acids is 3. The van der Waals surface area contributed by atoms with E-state index in [2.05, 4.69) is 38.5 Å². The summed E-state index contributed by atoms with van der Waals surface area (Å²) in [7, 11) is 0. The number of aromatic amines is 1. The number of aliphatic carboxylic acids is 1. The summed E-state index contributed by atoms with van der Waals surface area (Å²) in [5, 5.41) is 17.2. The third kappa shape index (κ3) is 9.55. The van der Waals surface area contributed by atoms with Crippen LogP contribution in [-0.4, -0.2) is 80.7 Å². The number of benzene rings is 1. The van der Waals surface area contributed by atoms with E-state index in [1.807, 2.05) is 36.6 Å². The van der Waals surface area contributed by atoms with Crippen molar-refractivity contribution in [3.63, 3.8) is 0 Å². The first-order chi connectivity index (χ1) is 17.2. The third-order valence-corrected chi connectivity index (χ3v) is 6.30. The second kappa shape index (κ2) is 15.2. The van der Waals surface area contributed by atoms with E-state index in [-0.39, 0.29) is 18.6 Å². The number of nitrogens with zero attached hydrogens (tertiary/aromatic N) is 1. The lowest BCUT2D eigenvalue weighted by Gasteiger charge is -2.24. The number of carboxylic acid groups (broad SMARTS) is 1. The highest BCUT2D eigenvalue weighted by Crippen LogP contribution is 2.06. The number of thioether (sulfide) groups is 1. The number of amides is 3. The summed E-state index contributed by atoms with van der Waals surface area (Å²) >= 11 is 5.64. The molecule has 0 bridgehead atoms. The van der Waals surface area contributed by atoms with Crippen LogP contribution in [0.5, 0.6) is 0 Å². The Morgan fingerprint density at radius 1 is 1.03 bits per heavy atom. The average molecular weight is 537 g/mol. The molecule has 7 N–H and O–H groups in total. The molecule has 0 aliphatic heterocycles. The number of nitrogens with two attached hydrogens (primary N) is 1. The van der Waals surface area contributed by atoms with Gasteiger partial charge in [0.05, 0.1) is 12.4 Å². The zero-order chi connectivity index (χ0) is 26.5. The lowest BCUT2D eigenvalue weighted by Crippen LogP contribution is -2.58. The standard InChI is InChI=1S/C23H32N6O5S2/c1-36-8-7-17(21(31)28-18(23(33)34)10-15-11-25-13-26-15)27-22(32)19(12-35)29-20(30)16(24)9-14-5-3-2-4-6-14/h2-6,11,13,16-19,35H,7-10,12,24H2,1H3,(H,25,26)(H,27,32)(H,28,31)(H,29,30)(H,33,34). The molecule has 3 amide bonds. The SMILES string of the molecule is CSCCC(NC(=O)C(CS)NC(=O)C(N)Cc1ccccc1)C(=O)NC(Cc1cnc[nH]1)C(=O)O. The number of H-pyrrole nitrogens is 1. The minimum absolute atomic E-state index is 0.00110. The normalized spacial score (nSPS) is 14.2. The lowest BCUT2D eigenvalue weighted by molar-refractivity contribution is -0.142. The minimum Gasteiger partial charge on any atom is -0.480 e. The molecule has 0 radical (unpaired) electrons. The predicted molar refractivity (Wildman–Crippen MR) is 141 cm³/mol. The van der Waals surface area contributed by atoms with Crippen molar-refractivity contribution >= 4 is 48.1 Å². The van der Waals surface area contributed by atoms with E-state index < -0.39 is 47.9 Å². The van der Waals surface area contributed by atoms with Crippen LogP contribution >= 0.6 is 24.4 Å². The maximum absolute atomic E-state index is 12.9. The monoisotopic (exact) mass is 536 g/mol. The van der Waals surface area contributed by atoms with E-state index in [1.165, 1.54) is 24.3 Å². The van der Waals surface area contributed by atoms with Crippen LogP contribution in [0.2, 0.25) is 0 Å². The Bertz CT molecular complexity index is 992. The molecule has 36 heavy (non-hydrogen) atoms. The summed E-state index contributed by atoms with van der Waals surface area (Å²) in [6, 6.07) is 5.10. The van der Waals surface area contributed by atoms with E-state index in [1.54, 1.807) is 0 Å². The molecule has 1 heterocycles. The van der Waals surface area contributed by atoms with Gasteiger partial charge in [0.2, 0.25) is 17.7 Å². The van der Waals surface area contributed by atoms with E-state index >= 15 is 0 Å². The van der Waals surface area contributed by atoms with Gasteiger partial charge in [-0.1, -0.05) is 30.3 Å². The molecule has 0 saturated carbocycles. The zero-order valence-electron chi connectivity index (χ0n) is 19.8. The Morgan fingerprint density at radius 3 is 2.25 bits per heavy atom. The number of carbonyl (C=O) groups is 4. The van der Waals surface area contributed by atoms with Gasteiger partial charge in [-0.05, 0) is 30.4 Å². The molecule has 0 spiro atoms. The smallest absolute Gasteiger partial charge is 0.326 e. The van der Waals surface area contributed by atoms with Crippen LogP contribution < -0.4 is 21.7 Å². The molecule has 196 valence electrons. The van der Waals surface area contributed by atoms with E-state index in [4.69, 9.17) is 5.73 Å². The first-order valence-electron chi connectivity index (χ1n) is 11.3. The highest BCUT2D eigenvalue weighted by atomic mass is 32.2. The number of carboxylic acids is 1. The van der Waals surface area contributed by atoms with Gasteiger partial charge in [0.25, 0.3) is 0 Å². The van der Waals surface area contributed by atoms with E-state index in [9.17, 15) is 24.3 Å². The van der Waals surface area contributed by atoms with Crippen molar-refractivity contribution in [3.8, 4) is 0 Å². The second-order valence-electron chi connectivity index (χ2n) is 8.06. The number of hydrogen-bond acceptors (Lipinski definition) is 8. The molecule has 0 saturated heterocycles. The van der Waals surface area contributed by atoms with Gasteiger partial charge in [0.15, 0.2) is 0 Å². The molecular formula is C23H32N6O5S2. The largest absolute Gasteiger partial charge is 0.480 e. The first-order valence-corrected chi connectivity index (χ1v) is 13.3. The van der Waals surface area contributed by atoms with Crippen molar-refractivity contribution in [2.75, 3.05) is 17.8 Å². The second-order valence-corrected chi connectivity index (χ2v) is 9.41. The fraction of sp³-hybridized carbons (Fsp3) is 0.435. The minimum atomic E-state index is -1.22. The highest BCUT2D eigenvalue weighted by Gasteiger charge is 2.30. The van der Waals surface area contributed by atoms with Crippen LogP contribution in [0.1, 0.15) is 17.7 Å². The first kappa shape index (κ1) is 29.2. The summed E-state index contributed by atoms with van der Waals surface area (Å²) in [4.78, 5) is 56.7. The van der Waals surface area contributed by atoms with Crippen molar-refractivity contribution in [1.82, 2.24) is 25.9 Å². The van der Waals surface area contributed by atoms with Gasteiger partial charge < -0.3 is 31.8 Å². The van der Waals surface area contributed by atoms with Crippen molar-refractivity contribution in [3.05, 3.63) is 54.1 Å². The molecule has 13 heteroatoms. The zero-order valence-corrected chi connectivity index (χ0v) is 21.6. The van der Waals surface area contributed by atoms with Gasteiger partial charge >= 0.3 is 5.97 Å². The molecule has 0 fully saturated rings. The van der Waals surface area contributed by atoms with Crippen LogP contribution in [0.4, 0.5) is 0 Å². The molecule has 4 atom stereocenters. The summed E-state index contributed by atoms with van der Waals surface area (Å²) < 4.78 is 0. The number of rotatable bonds is 15. The predicted octanol–water partition coefficient (Wildman–Crippen LogP) is -0.256. The molecule has 0 aliphatic carbocycles. The van der Waals surface area contributed by atoms with Crippen molar-refractivity contribution in [1.29, 1.82) is 0 Å². The average Bonchev–Trinajstić information content (AvgIpc) is 3.38. The number of imidazole rings is 1. The van der Waals surface area contributed by atoms with Gasteiger partial charge in [-0.3, -0.25) is 14.4 Å². The number of hydrogen-bond donors (Lipinski definition) is 7. The van der Waals surface area contributed by atoms with Crippen LogP contribution in [0.3, 0.4) is 0 Å². The summed E-state index contributed by atoms with van der Waals surface area (Å²) in [5.74, 6) is -2.49. The van der Waals surface area contributed by atoms with Crippen molar-refractivity contribution in [2.45, 2.75) is 43.4 Å². The summed E-state index contributed by atoms with van der Waals surface area (Å²) in [6.07, 6.45) is 5.28. The van der Waals surface area contributed by atoms with Gasteiger partial charge in [0.1, 0.15) is 18.1 Å². The molecule has 2 aromatic rings. The topological polar surface area (TPSA) is 179 Å². The van der Waals surface area contributed by atoms with E-state index in [0.29, 0.717) is 17.9 Å². The third-order valence-electron chi connectivity index (χ3n) is 5.29. The van der Waals surface area contributed by atoms with Gasteiger partial charge in [-0.15, -0.1) is 0 Å². The molecule has 1 aromatic heterocycles. The van der Waals surface area contributed by atoms with Crippen LogP contribution in [0, 0.1) is 0 Å². The molecule has 2 rings (SSSR count). The van der Waals surface area contributed by atoms with Gasteiger partial charge in [-0.2, -0.15) is 24.4 Å². The fourth-order valence-corrected chi connectivity index (χ4v) is 4.03. The van der Waals surface area contributed by atoms with Crippen LogP contribution in [0.25, 0.3) is 0 Å². The Labute approximate surface area is 219 Å². The molecule has 0 aliphatic rings. The highest BCUT2D eigenvalue weighted by molar-refractivity contribution is 7.98. The van der Waals surface area contributed by atoms with Crippen molar-refractivity contribution in [2.24, 2.45) is 5.73 Å². The summed E-state index contributed by atoms with van der Waals surface area (Å²) in [5.41, 5.74) is 7.43. The van der Waals surface area contributed by atoms with Gasteiger partial charge in [-0.25, -0.2) is 9.78 Å². The maximum Gasteiger partial charge on any atom is 0.326 e. The van der Waals surface area contributed by atoms with Gasteiger partial charge in [0, 0.05) is 24.1 Å².